The molecule has 2 aromatic carbocycles. The lowest BCUT2D eigenvalue weighted by Gasteiger charge is -2.24. The quantitative estimate of drug-likeness (QED) is 0.763. The second kappa shape index (κ2) is 8.17. The molecule has 0 saturated carbocycles. The average molecular weight is 338 g/mol. The number of nitrogens with one attached hydrogen (secondary N) is 1. The van der Waals surface area contributed by atoms with Crippen LogP contribution in [0.4, 0.5) is 13.2 Å². The lowest BCUT2D eigenvalue weighted by molar-refractivity contribution is -0.139. The third-order valence-corrected chi connectivity index (χ3v) is 3.74. The third-order valence-electron chi connectivity index (χ3n) is 3.74. The zero-order valence-corrected chi connectivity index (χ0v) is 13.7. The Labute approximate surface area is 140 Å². The van der Waals surface area contributed by atoms with Gasteiger partial charge in [0.05, 0.1) is 5.56 Å². The smallest absolute Gasteiger partial charge is 0.419 e. The van der Waals surface area contributed by atoms with E-state index in [1.165, 1.54) is 12.1 Å². The molecule has 0 aromatic heterocycles. The van der Waals surface area contributed by atoms with Gasteiger partial charge in [0.25, 0.3) is 0 Å². The van der Waals surface area contributed by atoms with Gasteiger partial charge in [-0.3, -0.25) is 5.43 Å². The van der Waals surface area contributed by atoms with Crippen molar-refractivity contribution < 1.29 is 17.9 Å². The van der Waals surface area contributed by atoms with Gasteiger partial charge in [-0.2, -0.15) is 13.2 Å². The number of hydrazine groups is 1. The van der Waals surface area contributed by atoms with Crippen molar-refractivity contribution in [3.05, 3.63) is 65.7 Å². The molecule has 24 heavy (non-hydrogen) atoms. The average Bonchev–Trinajstić information content (AvgIpc) is 2.58. The van der Waals surface area contributed by atoms with Crippen LogP contribution in [0, 0.1) is 0 Å². The van der Waals surface area contributed by atoms with Gasteiger partial charge in [-0.25, -0.2) is 5.01 Å². The van der Waals surface area contributed by atoms with Crippen molar-refractivity contribution in [3.63, 3.8) is 0 Å². The predicted molar refractivity (Wildman–Crippen MR) is 87.6 cm³/mol. The fourth-order valence-electron chi connectivity index (χ4n) is 2.34. The fraction of sp³-hybridized carbons (Fsp3) is 0.333. The molecule has 6 heteroatoms. The van der Waals surface area contributed by atoms with Gasteiger partial charge >= 0.3 is 6.18 Å². The predicted octanol–water partition coefficient (Wildman–Crippen LogP) is 4.28. The van der Waals surface area contributed by atoms with Crippen molar-refractivity contribution >= 4 is 0 Å². The molecule has 0 aliphatic rings. The van der Waals surface area contributed by atoms with E-state index in [0.29, 0.717) is 13.0 Å². The van der Waals surface area contributed by atoms with Crippen LogP contribution in [0.15, 0.2) is 54.6 Å². The Morgan fingerprint density at radius 1 is 1.04 bits per heavy atom. The van der Waals surface area contributed by atoms with Gasteiger partial charge in [0.15, 0.2) is 0 Å². The van der Waals surface area contributed by atoms with Gasteiger partial charge in [0, 0.05) is 20.0 Å². The van der Waals surface area contributed by atoms with E-state index >= 15 is 0 Å². The maximum absolute atomic E-state index is 13.2. The molecule has 1 atom stereocenters. The molecule has 2 aromatic rings. The summed E-state index contributed by atoms with van der Waals surface area (Å²) >= 11 is 0. The fourth-order valence-corrected chi connectivity index (χ4v) is 2.34. The molecule has 0 saturated heterocycles. The van der Waals surface area contributed by atoms with E-state index in [0.717, 1.165) is 11.6 Å². The van der Waals surface area contributed by atoms with E-state index in [1.54, 1.807) is 13.1 Å². The topological polar surface area (TPSA) is 24.5 Å². The summed E-state index contributed by atoms with van der Waals surface area (Å²) in [4.78, 5) is 0. The van der Waals surface area contributed by atoms with Gasteiger partial charge in [0.2, 0.25) is 0 Å². The largest absolute Gasteiger partial charge is 0.485 e. The zero-order valence-electron chi connectivity index (χ0n) is 13.7. The summed E-state index contributed by atoms with van der Waals surface area (Å²) in [5.74, 6) is -0.147. The zero-order chi connectivity index (χ0) is 17.6. The highest BCUT2D eigenvalue weighted by Crippen LogP contribution is 2.38. The van der Waals surface area contributed by atoms with Crippen molar-refractivity contribution in [2.75, 3.05) is 20.6 Å². The lowest BCUT2D eigenvalue weighted by atomic mass is 10.1. The summed E-state index contributed by atoms with van der Waals surface area (Å²) in [6.45, 7) is 0.629. The molecule has 1 N–H and O–H groups in total. The van der Waals surface area contributed by atoms with Gasteiger partial charge in [0.1, 0.15) is 11.9 Å². The lowest BCUT2D eigenvalue weighted by Crippen LogP contribution is -2.32. The monoisotopic (exact) mass is 338 g/mol. The number of rotatable bonds is 7. The first-order valence-corrected chi connectivity index (χ1v) is 7.68. The van der Waals surface area contributed by atoms with Gasteiger partial charge < -0.3 is 4.74 Å². The molecule has 1 unspecified atom stereocenters. The van der Waals surface area contributed by atoms with E-state index in [2.05, 4.69) is 5.43 Å². The second-order valence-electron chi connectivity index (χ2n) is 5.44. The standard InChI is InChI=1S/C18H21F3N2O/c1-22-23(2)13-12-16(14-8-4-3-5-9-14)24-17-11-7-6-10-15(17)18(19,20)21/h3-11,16,22H,12-13H2,1-2H3. The molecule has 0 radical (unpaired) electrons. The van der Waals surface area contributed by atoms with Crippen LogP contribution in [-0.2, 0) is 6.18 Å². The normalized spacial score (nSPS) is 13.1. The minimum Gasteiger partial charge on any atom is -0.485 e. The Hall–Kier alpha value is -2.05. The van der Waals surface area contributed by atoms with Crippen LogP contribution in [0.1, 0.15) is 23.7 Å². The number of para-hydroxylation sites is 1. The maximum Gasteiger partial charge on any atom is 0.419 e. The first-order chi connectivity index (χ1) is 11.4. The van der Waals surface area contributed by atoms with Crippen molar-refractivity contribution in [2.24, 2.45) is 0 Å². The molecule has 0 aliphatic carbocycles. The number of alkyl halides is 3. The summed E-state index contributed by atoms with van der Waals surface area (Å²) in [6.07, 6.45) is -4.36. The van der Waals surface area contributed by atoms with Crippen LogP contribution in [0.3, 0.4) is 0 Å². The van der Waals surface area contributed by atoms with Crippen LogP contribution >= 0.6 is 0 Å². The van der Waals surface area contributed by atoms with Crippen molar-refractivity contribution in [1.29, 1.82) is 0 Å². The molecule has 0 spiro atoms. The van der Waals surface area contributed by atoms with E-state index in [4.69, 9.17) is 4.74 Å². The van der Waals surface area contributed by atoms with Crippen molar-refractivity contribution in [3.8, 4) is 5.75 Å². The number of nitrogens with zero attached hydrogens (tertiary/aromatic N) is 1. The van der Waals surface area contributed by atoms with Crippen LogP contribution in [-0.4, -0.2) is 25.6 Å². The van der Waals surface area contributed by atoms with E-state index in [9.17, 15) is 13.2 Å². The molecular formula is C18H21F3N2O. The Kier molecular flexibility index (Phi) is 6.23. The maximum atomic E-state index is 13.2. The highest BCUT2D eigenvalue weighted by molar-refractivity contribution is 5.36. The van der Waals surface area contributed by atoms with Gasteiger partial charge in [-0.1, -0.05) is 42.5 Å². The number of halogens is 3. The number of benzene rings is 2. The van der Waals surface area contributed by atoms with E-state index < -0.39 is 17.8 Å². The Balaban J connectivity index is 2.26. The minimum atomic E-state index is -4.44. The number of hydrogen-bond acceptors (Lipinski definition) is 3. The molecule has 130 valence electrons. The summed E-state index contributed by atoms with van der Waals surface area (Å²) in [6, 6.07) is 14.6. The first kappa shape index (κ1) is 18.3. The SMILES string of the molecule is CNN(C)CCC(Oc1ccccc1C(F)(F)F)c1ccccc1. The molecular weight excluding hydrogens is 317 g/mol. The summed E-state index contributed by atoms with van der Waals surface area (Å²) in [7, 11) is 3.66. The Morgan fingerprint density at radius 2 is 1.67 bits per heavy atom. The number of ether oxygens (including phenoxy) is 1. The molecule has 0 aliphatic heterocycles. The second-order valence-corrected chi connectivity index (χ2v) is 5.44. The highest BCUT2D eigenvalue weighted by atomic mass is 19.4. The third kappa shape index (κ3) is 4.97. The van der Waals surface area contributed by atoms with Gasteiger partial charge in [-0.15, -0.1) is 0 Å². The molecule has 0 fully saturated rings. The minimum absolute atomic E-state index is 0.147. The van der Waals surface area contributed by atoms with Crippen LogP contribution in [0.25, 0.3) is 0 Å². The molecule has 3 nitrogen and oxygen atoms in total. The summed E-state index contributed by atoms with van der Waals surface area (Å²) in [5, 5.41) is 1.86. The molecule has 0 heterocycles. The van der Waals surface area contributed by atoms with Crippen LogP contribution < -0.4 is 10.2 Å². The van der Waals surface area contributed by atoms with Crippen LogP contribution in [0.2, 0.25) is 0 Å². The van der Waals surface area contributed by atoms with E-state index in [-0.39, 0.29) is 5.75 Å². The summed E-state index contributed by atoms with van der Waals surface area (Å²) < 4.78 is 45.3. The molecule has 0 bridgehead atoms. The highest BCUT2D eigenvalue weighted by Gasteiger charge is 2.34. The molecule has 2 rings (SSSR count). The Morgan fingerprint density at radius 3 is 2.29 bits per heavy atom. The van der Waals surface area contributed by atoms with Crippen LogP contribution in [0.5, 0.6) is 5.75 Å². The molecule has 0 amide bonds. The number of hydrogen-bond donors (Lipinski definition) is 1. The van der Waals surface area contributed by atoms with Crippen molar-refractivity contribution in [1.82, 2.24) is 10.4 Å². The van der Waals surface area contributed by atoms with E-state index in [1.807, 2.05) is 42.4 Å². The summed E-state index contributed by atoms with van der Waals surface area (Å²) in [5.41, 5.74) is 3.06. The van der Waals surface area contributed by atoms with Gasteiger partial charge in [-0.05, 0) is 24.7 Å². The van der Waals surface area contributed by atoms with Crippen molar-refractivity contribution in [2.45, 2.75) is 18.7 Å². The first-order valence-electron chi connectivity index (χ1n) is 7.68. The Bertz CT molecular complexity index is 632.